The number of ether oxygens (including phenoxy) is 2. The lowest BCUT2D eigenvalue weighted by Crippen LogP contribution is -2.09. The van der Waals surface area contributed by atoms with E-state index in [4.69, 9.17) is 4.74 Å². The van der Waals surface area contributed by atoms with Crippen molar-refractivity contribution >= 4 is 22.8 Å². The second kappa shape index (κ2) is 5.05. The van der Waals surface area contributed by atoms with Gasteiger partial charge in [-0.1, -0.05) is 0 Å². The Balaban J connectivity index is 2.51. The quantitative estimate of drug-likeness (QED) is 0.459. The van der Waals surface area contributed by atoms with Gasteiger partial charge in [0.1, 0.15) is 23.8 Å². The van der Waals surface area contributed by atoms with E-state index < -0.39 is 5.97 Å². The molecule has 2 heterocycles. The molecule has 19 heavy (non-hydrogen) atoms. The van der Waals surface area contributed by atoms with Crippen molar-refractivity contribution in [2.24, 2.45) is 7.05 Å². The summed E-state index contributed by atoms with van der Waals surface area (Å²) in [7, 11) is 4.48. The third-order valence-corrected chi connectivity index (χ3v) is 2.75. The van der Waals surface area contributed by atoms with Gasteiger partial charge in [-0.15, -0.1) is 0 Å². The number of carbonyl (C=O) groups excluding carboxylic acids is 2. The minimum absolute atomic E-state index is 0.318. The third-order valence-electron chi connectivity index (χ3n) is 2.75. The summed E-state index contributed by atoms with van der Waals surface area (Å²) >= 11 is 0. The van der Waals surface area contributed by atoms with E-state index in [1.165, 1.54) is 20.5 Å². The number of esters is 1. The van der Waals surface area contributed by atoms with Crippen molar-refractivity contribution in [1.82, 2.24) is 14.5 Å². The Morgan fingerprint density at radius 3 is 2.68 bits per heavy atom. The molecular formula is C12H13N3O4. The van der Waals surface area contributed by atoms with Crippen LogP contribution in [-0.2, 0) is 16.6 Å². The van der Waals surface area contributed by atoms with Crippen molar-refractivity contribution in [1.29, 1.82) is 0 Å². The van der Waals surface area contributed by atoms with E-state index in [1.807, 2.05) is 0 Å². The van der Waals surface area contributed by atoms with Gasteiger partial charge in [0, 0.05) is 13.2 Å². The van der Waals surface area contributed by atoms with Gasteiger partial charge in [-0.3, -0.25) is 9.59 Å². The summed E-state index contributed by atoms with van der Waals surface area (Å²) in [5.41, 5.74) is 1.42. The van der Waals surface area contributed by atoms with Crippen LogP contribution in [0.3, 0.4) is 0 Å². The Morgan fingerprint density at radius 2 is 2.05 bits per heavy atom. The molecule has 0 fully saturated rings. The van der Waals surface area contributed by atoms with Crippen LogP contribution in [0.4, 0.5) is 0 Å². The van der Waals surface area contributed by atoms with Crippen LogP contribution in [0, 0.1) is 0 Å². The molecule has 0 bridgehead atoms. The molecule has 2 rings (SSSR count). The molecule has 0 radical (unpaired) electrons. The molecule has 0 aliphatic heterocycles. The molecule has 2 aromatic heterocycles. The van der Waals surface area contributed by atoms with Gasteiger partial charge in [-0.05, 0) is 0 Å². The van der Waals surface area contributed by atoms with Crippen molar-refractivity contribution in [2.75, 3.05) is 14.2 Å². The van der Waals surface area contributed by atoms with E-state index in [-0.39, 0.29) is 12.2 Å². The van der Waals surface area contributed by atoms with Crippen LogP contribution < -0.4 is 4.74 Å². The smallest absolute Gasteiger partial charge is 0.313 e. The number of rotatable bonds is 4. The van der Waals surface area contributed by atoms with E-state index in [0.29, 0.717) is 22.5 Å². The number of carbonyl (C=O) groups is 2. The second-order valence-corrected chi connectivity index (χ2v) is 3.91. The molecule has 7 nitrogen and oxygen atoms in total. The number of fused-ring (bicyclic) bond motifs is 1. The van der Waals surface area contributed by atoms with Crippen LogP contribution in [-0.4, -0.2) is 40.5 Å². The number of nitrogens with zero attached hydrogens (tertiary/aromatic N) is 3. The first-order chi connectivity index (χ1) is 9.08. The average Bonchev–Trinajstić information content (AvgIpc) is 2.76. The first kappa shape index (κ1) is 13.0. The highest BCUT2D eigenvalue weighted by Crippen LogP contribution is 2.25. The van der Waals surface area contributed by atoms with Gasteiger partial charge < -0.3 is 14.0 Å². The average molecular weight is 263 g/mol. The Labute approximate surface area is 109 Å². The molecule has 0 saturated heterocycles. The number of aromatic nitrogens is 3. The molecule has 0 atom stereocenters. The van der Waals surface area contributed by atoms with E-state index >= 15 is 0 Å². The Bertz CT molecular complexity index is 648. The zero-order valence-electron chi connectivity index (χ0n) is 10.8. The third kappa shape index (κ3) is 2.26. The van der Waals surface area contributed by atoms with Gasteiger partial charge in [0.15, 0.2) is 5.78 Å². The fourth-order valence-corrected chi connectivity index (χ4v) is 1.85. The standard InChI is InChI=1S/C12H13N3O4/c1-15-5-7(8(16)4-9(17)18-2)10-11(15)12(19-3)14-6-13-10/h5-6H,4H2,1-3H3. The SMILES string of the molecule is COC(=O)CC(=O)c1cn(C)c2c(OC)ncnc12. The number of Topliss-reactive ketones (excluding diaryl/α,β-unsaturated/α-hetero) is 1. The molecule has 7 heteroatoms. The summed E-state index contributed by atoms with van der Waals surface area (Å²) in [4.78, 5) is 31.2. The zero-order chi connectivity index (χ0) is 14.0. The van der Waals surface area contributed by atoms with E-state index in [1.54, 1.807) is 17.8 Å². The summed E-state index contributed by atoms with van der Waals surface area (Å²) < 4.78 is 11.3. The van der Waals surface area contributed by atoms with Gasteiger partial charge in [0.25, 0.3) is 0 Å². The Kier molecular flexibility index (Phi) is 3.46. The van der Waals surface area contributed by atoms with Crippen LogP contribution in [0.2, 0.25) is 0 Å². The van der Waals surface area contributed by atoms with Crippen LogP contribution in [0.25, 0.3) is 11.0 Å². The fraction of sp³-hybridized carbons (Fsp3) is 0.333. The predicted octanol–water partition coefficient (Wildman–Crippen LogP) is 0.723. The molecule has 0 unspecified atom stereocenters. The molecule has 0 aromatic carbocycles. The van der Waals surface area contributed by atoms with E-state index in [9.17, 15) is 9.59 Å². The largest absolute Gasteiger partial charge is 0.479 e. The van der Waals surface area contributed by atoms with Crippen molar-refractivity contribution in [3.05, 3.63) is 18.1 Å². The van der Waals surface area contributed by atoms with E-state index in [0.717, 1.165) is 0 Å². The molecule has 0 aliphatic carbocycles. The first-order valence-electron chi connectivity index (χ1n) is 5.52. The second-order valence-electron chi connectivity index (χ2n) is 3.91. The summed E-state index contributed by atoms with van der Waals surface area (Å²) in [6.45, 7) is 0. The lowest BCUT2D eigenvalue weighted by atomic mass is 10.1. The molecule has 0 spiro atoms. The number of aryl methyl sites for hydroxylation is 1. The summed E-state index contributed by atoms with van der Waals surface area (Å²) in [6.07, 6.45) is 2.60. The van der Waals surface area contributed by atoms with Crippen LogP contribution in [0.1, 0.15) is 16.8 Å². The highest BCUT2D eigenvalue weighted by Gasteiger charge is 2.20. The van der Waals surface area contributed by atoms with Gasteiger partial charge in [-0.25, -0.2) is 4.98 Å². The van der Waals surface area contributed by atoms with Gasteiger partial charge in [-0.2, -0.15) is 4.98 Å². The molecule has 0 N–H and O–H groups in total. The van der Waals surface area contributed by atoms with Gasteiger partial charge in [0.05, 0.1) is 19.8 Å². The number of hydrogen-bond acceptors (Lipinski definition) is 6. The van der Waals surface area contributed by atoms with Crippen molar-refractivity contribution in [3.63, 3.8) is 0 Å². The van der Waals surface area contributed by atoms with Crippen LogP contribution in [0.15, 0.2) is 12.5 Å². The highest BCUT2D eigenvalue weighted by molar-refractivity contribution is 6.12. The predicted molar refractivity (Wildman–Crippen MR) is 66.0 cm³/mol. The zero-order valence-corrected chi connectivity index (χ0v) is 10.8. The normalized spacial score (nSPS) is 10.5. The van der Waals surface area contributed by atoms with E-state index in [2.05, 4.69) is 14.7 Å². The molecule has 0 amide bonds. The summed E-state index contributed by atoms with van der Waals surface area (Å²) in [6, 6.07) is 0. The van der Waals surface area contributed by atoms with Crippen LogP contribution in [0.5, 0.6) is 5.88 Å². The minimum atomic E-state index is -0.581. The molecule has 2 aromatic rings. The van der Waals surface area contributed by atoms with Crippen LogP contribution >= 0.6 is 0 Å². The highest BCUT2D eigenvalue weighted by atomic mass is 16.5. The fourth-order valence-electron chi connectivity index (χ4n) is 1.85. The van der Waals surface area contributed by atoms with Crippen molar-refractivity contribution < 1.29 is 19.1 Å². The van der Waals surface area contributed by atoms with Crippen molar-refractivity contribution in [3.8, 4) is 5.88 Å². The first-order valence-corrected chi connectivity index (χ1v) is 5.52. The topological polar surface area (TPSA) is 83.3 Å². The number of hydrogen-bond donors (Lipinski definition) is 0. The monoisotopic (exact) mass is 263 g/mol. The number of ketones is 1. The molecule has 0 aliphatic rings. The molecular weight excluding hydrogens is 250 g/mol. The number of methoxy groups -OCH3 is 2. The summed E-state index contributed by atoms with van der Waals surface area (Å²) in [5.74, 6) is -0.550. The maximum absolute atomic E-state index is 12.0. The van der Waals surface area contributed by atoms with Gasteiger partial charge >= 0.3 is 5.97 Å². The van der Waals surface area contributed by atoms with Crippen molar-refractivity contribution in [2.45, 2.75) is 6.42 Å². The summed E-state index contributed by atoms with van der Waals surface area (Å²) in [5, 5.41) is 0. The van der Waals surface area contributed by atoms with Gasteiger partial charge in [0.2, 0.25) is 5.88 Å². The minimum Gasteiger partial charge on any atom is -0.479 e. The lowest BCUT2D eigenvalue weighted by molar-refractivity contribution is -0.139. The molecule has 0 saturated carbocycles. The Morgan fingerprint density at radius 1 is 1.32 bits per heavy atom. The molecule has 100 valence electrons. The lowest BCUT2D eigenvalue weighted by Gasteiger charge is -2.01. The maximum atomic E-state index is 12.0. The Hall–Kier alpha value is -2.44. The maximum Gasteiger partial charge on any atom is 0.313 e.